The fraction of sp³-hybridized carbons (Fsp3) is 0.778. The minimum atomic E-state index is -0.757. The van der Waals surface area contributed by atoms with Crippen LogP contribution in [0.3, 0.4) is 0 Å². The molecule has 0 unspecified atom stereocenters. The predicted molar refractivity (Wildman–Crippen MR) is 49.4 cm³/mol. The number of hydrogen-bond donors (Lipinski definition) is 1. The summed E-state index contributed by atoms with van der Waals surface area (Å²) in [4.78, 5) is 19.8. The molecule has 4 nitrogen and oxygen atoms in total. The smallest absolute Gasteiger partial charge is 0.308 e. The second-order valence-corrected chi connectivity index (χ2v) is 3.48. The third-order valence-corrected chi connectivity index (χ3v) is 0.989. The van der Waals surface area contributed by atoms with E-state index in [0.29, 0.717) is 6.61 Å². The fourth-order valence-electron chi connectivity index (χ4n) is 0.203. The topological polar surface area (TPSA) is 63.6 Å². The number of carboxylic acid groups (broad SMARTS) is 1. The number of hydrogen-bond acceptors (Lipinski definition) is 3. The van der Waals surface area contributed by atoms with Gasteiger partial charge in [0, 0.05) is 6.92 Å². The van der Waals surface area contributed by atoms with Crippen LogP contribution in [0.1, 0.15) is 34.6 Å². The number of carboxylic acids is 1. The molecule has 0 saturated carbocycles. The Labute approximate surface area is 78.9 Å². The quantitative estimate of drug-likeness (QED) is 0.639. The van der Waals surface area contributed by atoms with Crippen LogP contribution in [0.4, 0.5) is 0 Å². The molecule has 13 heavy (non-hydrogen) atoms. The molecule has 0 saturated heterocycles. The van der Waals surface area contributed by atoms with Gasteiger partial charge in [0.25, 0.3) is 0 Å². The van der Waals surface area contributed by atoms with Gasteiger partial charge < -0.3 is 9.84 Å². The maximum atomic E-state index is 10.0. The van der Waals surface area contributed by atoms with Crippen molar-refractivity contribution in [2.75, 3.05) is 6.61 Å². The number of ether oxygens (including phenoxy) is 1. The molecule has 0 spiro atoms. The molecule has 0 radical (unpaired) electrons. The van der Waals surface area contributed by atoms with E-state index in [9.17, 15) is 9.59 Å². The Morgan fingerprint density at radius 1 is 1.31 bits per heavy atom. The Morgan fingerprint density at radius 2 is 1.62 bits per heavy atom. The standard InChI is InChI=1S/C5H10O2.C4H8O2/c1-5(2,3)4(6)7;1-3-6-4(2)5/h1-3H3,(H,6,7);3H2,1-2H3. The van der Waals surface area contributed by atoms with E-state index in [-0.39, 0.29) is 5.97 Å². The van der Waals surface area contributed by atoms with E-state index in [2.05, 4.69) is 4.74 Å². The summed E-state index contributed by atoms with van der Waals surface area (Å²) < 4.78 is 4.40. The highest BCUT2D eigenvalue weighted by molar-refractivity contribution is 5.72. The van der Waals surface area contributed by atoms with Gasteiger partial charge >= 0.3 is 11.9 Å². The molecular weight excluding hydrogens is 172 g/mol. The zero-order valence-electron chi connectivity index (χ0n) is 8.88. The van der Waals surface area contributed by atoms with E-state index in [4.69, 9.17) is 5.11 Å². The maximum absolute atomic E-state index is 10.0. The van der Waals surface area contributed by atoms with Gasteiger partial charge in [0.05, 0.1) is 12.0 Å². The SMILES string of the molecule is CC(C)(C)C(=O)O.CCOC(C)=O. The number of esters is 1. The largest absolute Gasteiger partial charge is 0.481 e. The summed E-state index contributed by atoms with van der Waals surface area (Å²) in [6.07, 6.45) is 0. The third kappa shape index (κ3) is 13.9. The Bertz CT molecular complexity index is 167. The number of carbonyl (C=O) groups is 2. The Balaban J connectivity index is 0. The summed E-state index contributed by atoms with van der Waals surface area (Å²) in [6.45, 7) is 8.64. The van der Waals surface area contributed by atoms with Crippen LogP contribution in [-0.2, 0) is 14.3 Å². The molecule has 0 atom stereocenters. The molecule has 0 amide bonds. The average Bonchev–Trinajstić information content (AvgIpc) is 1.85. The Morgan fingerprint density at radius 3 is 1.62 bits per heavy atom. The lowest BCUT2D eigenvalue weighted by molar-refractivity contribution is -0.146. The van der Waals surface area contributed by atoms with Gasteiger partial charge in [0.1, 0.15) is 0 Å². The molecule has 0 aromatic carbocycles. The van der Waals surface area contributed by atoms with Crippen molar-refractivity contribution in [1.29, 1.82) is 0 Å². The first-order chi connectivity index (χ1) is 5.71. The van der Waals surface area contributed by atoms with Crippen LogP contribution < -0.4 is 0 Å². The van der Waals surface area contributed by atoms with E-state index in [1.165, 1.54) is 6.92 Å². The highest BCUT2D eigenvalue weighted by atomic mass is 16.5. The molecule has 0 fully saturated rings. The summed E-state index contributed by atoms with van der Waals surface area (Å²) >= 11 is 0. The van der Waals surface area contributed by atoms with Gasteiger partial charge in [-0.05, 0) is 27.7 Å². The van der Waals surface area contributed by atoms with Gasteiger partial charge in [0.15, 0.2) is 0 Å². The molecule has 0 rings (SSSR count). The average molecular weight is 190 g/mol. The first-order valence-electron chi connectivity index (χ1n) is 4.08. The first kappa shape index (κ1) is 14.5. The van der Waals surface area contributed by atoms with Gasteiger partial charge in [-0.1, -0.05) is 0 Å². The van der Waals surface area contributed by atoms with Crippen molar-refractivity contribution in [3.05, 3.63) is 0 Å². The van der Waals surface area contributed by atoms with Crippen LogP contribution in [0.15, 0.2) is 0 Å². The molecule has 0 aromatic heterocycles. The van der Waals surface area contributed by atoms with E-state index in [0.717, 1.165) is 0 Å². The molecule has 0 heterocycles. The van der Waals surface area contributed by atoms with Crippen molar-refractivity contribution in [2.24, 2.45) is 5.41 Å². The third-order valence-electron chi connectivity index (χ3n) is 0.989. The molecule has 4 heteroatoms. The molecule has 78 valence electrons. The van der Waals surface area contributed by atoms with Crippen LogP contribution in [0, 0.1) is 5.41 Å². The van der Waals surface area contributed by atoms with Crippen LogP contribution in [0.25, 0.3) is 0 Å². The molecular formula is C9H18O4. The van der Waals surface area contributed by atoms with Crippen molar-refractivity contribution < 1.29 is 19.4 Å². The van der Waals surface area contributed by atoms with E-state index < -0.39 is 11.4 Å². The minimum Gasteiger partial charge on any atom is -0.481 e. The number of aliphatic carboxylic acids is 1. The van der Waals surface area contributed by atoms with Gasteiger partial charge in [-0.25, -0.2) is 0 Å². The lowest BCUT2D eigenvalue weighted by Gasteiger charge is -2.08. The minimum absolute atomic E-state index is 0.211. The van der Waals surface area contributed by atoms with Crippen molar-refractivity contribution in [2.45, 2.75) is 34.6 Å². The molecule has 0 bridgehead atoms. The summed E-state index contributed by atoms with van der Waals surface area (Å²) in [6, 6.07) is 0. The second kappa shape index (κ2) is 6.46. The monoisotopic (exact) mass is 190 g/mol. The summed E-state index contributed by atoms with van der Waals surface area (Å²) in [5.74, 6) is -0.968. The molecule has 1 N–H and O–H groups in total. The van der Waals surface area contributed by atoms with Crippen LogP contribution in [0.5, 0.6) is 0 Å². The lowest BCUT2D eigenvalue weighted by atomic mass is 9.98. The molecule has 0 aromatic rings. The lowest BCUT2D eigenvalue weighted by Crippen LogP contribution is -2.18. The Hall–Kier alpha value is -1.06. The van der Waals surface area contributed by atoms with Gasteiger partial charge in [0.2, 0.25) is 0 Å². The highest BCUT2D eigenvalue weighted by Crippen LogP contribution is 2.11. The highest BCUT2D eigenvalue weighted by Gasteiger charge is 2.18. The zero-order valence-corrected chi connectivity index (χ0v) is 8.88. The second-order valence-electron chi connectivity index (χ2n) is 3.48. The molecule has 0 aliphatic rings. The van der Waals surface area contributed by atoms with E-state index in [1.807, 2.05) is 0 Å². The summed E-state index contributed by atoms with van der Waals surface area (Å²) in [5, 5.41) is 8.25. The van der Waals surface area contributed by atoms with Crippen LogP contribution in [0.2, 0.25) is 0 Å². The van der Waals surface area contributed by atoms with Crippen molar-refractivity contribution in [3.63, 3.8) is 0 Å². The molecule has 0 aliphatic carbocycles. The number of carbonyl (C=O) groups excluding carboxylic acids is 1. The van der Waals surface area contributed by atoms with Gasteiger partial charge in [-0.3, -0.25) is 9.59 Å². The summed E-state index contributed by atoms with van der Waals surface area (Å²) in [5.41, 5.74) is -0.583. The van der Waals surface area contributed by atoms with Crippen LogP contribution in [-0.4, -0.2) is 23.7 Å². The molecule has 0 aliphatic heterocycles. The van der Waals surface area contributed by atoms with Crippen LogP contribution >= 0.6 is 0 Å². The Kier molecular flexibility index (Phi) is 7.18. The van der Waals surface area contributed by atoms with Crippen molar-refractivity contribution >= 4 is 11.9 Å². The van der Waals surface area contributed by atoms with Crippen molar-refractivity contribution in [3.8, 4) is 0 Å². The fourth-order valence-corrected chi connectivity index (χ4v) is 0.203. The predicted octanol–water partition coefficient (Wildman–Crippen LogP) is 1.69. The van der Waals surface area contributed by atoms with E-state index in [1.54, 1.807) is 27.7 Å². The zero-order chi connectivity index (χ0) is 11.1. The van der Waals surface area contributed by atoms with E-state index >= 15 is 0 Å². The normalized spacial score (nSPS) is 9.62. The first-order valence-corrected chi connectivity index (χ1v) is 4.08. The summed E-state index contributed by atoms with van der Waals surface area (Å²) in [7, 11) is 0. The van der Waals surface area contributed by atoms with Gasteiger partial charge in [-0.15, -0.1) is 0 Å². The maximum Gasteiger partial charge on any atom is 0.308 e. The van der Waals surface area contributed by atoms with Crippen molar-refractivity contribution in [1.82, 2.24) is 0 Å². The number of rotatable bonds is 1. The van der Waals surface area contributed by atoms with Gasteiger partial charge in [-0.2, -0.15) is 0 Å².